The van der Waals surface area contributed by atoms with Gasteiger partial charge in [0.05, 0.1) is 17.9 Å². The molecule has 0 saturated heterocycles. The SMILES string of the molecule is CN(C)C(=N)c1ccc(N2CC3(CC3)c3c(C(N)=O)nn(-c4ccc5c(c4)CCO5)c3C2=O)cc1F. The lowest BCUT2D eigenvalue weighted by molar-refractivity contribution is 0.0966. The van der Waals surface area contributed by atoms with Crippen LogP contribution in [0.3, 0.4) is 0 Å². The van der Waals surface area contributed by atoms with Crippen molar-refractivity contribution in [1.82, 2.24) is 14.7 Å². The zero-order valence-corrected chi connectivity index (χ0v) is 20.0. The van der Waals surface area contributed by atoms with Gasteiger partial charge in [-0.2, -0.15) is 5.10 Å². The fourth-order valence-electron chi connectivity index (χ4n) is 5.24. The van der Waals surface area contributed by atoms with Crippen LogP contribution in [0, 0.1) is 11.2 Å². The van der Waals surface area contributed by atoms with Crippen LogP contribution in [0.2, 0.25) is 0 Å². The first-order valence-electron chi connectivity index (χ1n) is 11.8. The Bertz CT molecular complexity index is 1470. The normalized spacial score (nSPS) is 17.0. The number of anilines is 1. The largest absolute Gasteiger partial charge is 0.493 e. The molecule has 3 aromatic rings. The number of benzene rings is 2. The van der Waals surface area contributed by atoms with Crippen molar-refractivity contribution < 1.29 is 18.7 Å². The molecular formula is C26H25FN6O3. The van der Waals surface area contributed by atoms with E-state index in [-0.39, 0.29) is 28.7 Å². The third-order valence-corrected chi connectivity index (χ3v) is 7.30. The molecule has 9 nitrogen and oxygen atoms in total. The van der Waals surface area contributed by atoms with E-state index in [9.17, 15) is 9.59 Å². The maximum absolute atomic E-state index is 15.0. The predicted octanol–water partition coefficient (Wildman–Crippen LogP) is 2.62. The van der Waals surface area contributed by atoms with Crippen molar-refractivity contribution in [3.63, 3.8) is 0 Å². The Morgan fingerprint density at radius 2 is 1.94 bits per heavy atom. The summed E-state index contributed by atoms with van der Waals surface area (Å²) >= 11 is 0. The number of primary amides is 1. The Kier molecular flexibility index (Phi) is 4.73. The number of hydrogen-bond donors (Lipinski definition) is 2. The number of hydrogen-bond acceptors (Lipinski definition) is 5. The minimum Gasteiger partial charge on any atom is -0.493 e. The molecule has 0 atom stereocenters. The molecule has 6 rings (SSSR count). The number of nitrogens with one attached hydrogen (secondary N) is 1. The topological polar surface area (TPSA) is 118 Å². The summed E-state index contributed by atoms with van der Waals surface area (Å²) in [5.74, 6) is -0.816. The van der Waals surface area contributed by atoms with Gasteiger partial charge in [-0.1, -0.05) is 0 Å². The van der Waals surface area contributed by atoms with Crippen molar-refractivity contribution in [2.24, 2.45) is 5.73 Å². The van der Waals surface area contributed by atoms with E-state index in [1.165, 1.54) is 21.7 Å². The minimum absolute atomic E-state index is 0.0368. The molecule has 1 saturated carbocycles. The van der Waals surface area contributed by atoms with Crippen LogP contribution in [0.5, 0.6) is 5.75 Å². The van der Waals surface area contributed by atoms with E-state index in [1.54, 1.807) is 31.1 Å². The molecule has 1 spiro atoms. The lowest BCUT2D eigenvalue weighted by atomic mass is 9.88. The zero-order valence-electron chi connectivity index (χ0n) is 20.0. The van der Waals surface area contributed by atoms with Gasteiger partial charge < -0.3 is 20.3 Å². The lowest BCUT2D eigenvalue weighted by Gasteiger charge is -2.33. The summed E-state index contributed by atoms with van der Waals surface area (Å²) in [4.78, 5) is 29.4. The molecule has 2 amide bonds. The number of fused-ring (bicyclic) bond motifs is 3. The van der Waals surface area contributed by atoms with Gasteiger partial charge in [-0.05, 0) is 54.8 Å². The Hall–Kier alpha value is -4.21. The van der Waals surface area contributed by atoms with Crippen LogP contribution in [-0.4, -0.2) is 59.6 Å². The second-order valence-electron chi connectivity index (χ2n) is 9.82. The van der Waals surface area contributed by atoms with Gasteiger partial charge in [0.15, 0.2) is 5.69 Å². The van der Waals surface area contributed by atoms with Crippen LogP contribution in [0.15, 0.2) is 36.4 Å². The van der Waals surface area contributed by atoms with Gasteiger partial charge >= 0.3 is 0 Å². The third kappa shape index (κ3) is 3.20. The Morgan fingerprint density at radius 1 is 1.19 bits per heavy atom. The summed E-state index contributed by atoms with van der Waals surface area (Å²) in [6.45, 7) is 0.887. The van der Waals surface area contributed by atoms with Gasteiger partial charge in [0.2, 0.25) is 0 Å². The van der Waals surface area contributed by atoms with Crippen molar-refractivity contribution in [2.75, 3.05) is 32.1 Å². The number of nitrogens with zero attached hydrogens (tertiary/aromatic N) is 4. The summed E-state index contributed by atoms with van der Waals surface area (Å²) in [7, 11) is 3.34. The highest BCUT2D eigenvalue weighted by atomic mass is 19.1. The average molecular weight is 489 g/mol. The van der Waals surface area contributed by atoms with Gasteiger partial charge in [0.25, 0.3) is 11.8 Å². The van der Waals surface area contributed by atoms with Crippen molar-refractivity contribution in [3.8, 4) is 11.4 Å². The van der Waals surface area contributed by atoms with Crippen LogP contribution in [0.25, 0.3) is 5.69 Å². The number of rotatable bonds is 4. The van der Waals surface area contributed by atoms with E-state index >= 15 is 4.39 Å². The van der Waals surface area contributed by atoms with Crippen LogP contribution in [-0.2, 0) is 11.8 Å². The third-order valence-electron chi connectivity index (χ3n) is 7.30. The van der Waals surface area contributed by atoms with E-state index < -0.39 is 17.1 Å². The first-order valence-corrected chi connectivity index (χ1v) is 11.8. The van der Waals surface area contributed by atoms with Gasteiger partial charge in [-0.15, -0.1) is 0 Å². The molecule has 36 heavy (non-hydrogen) atoms. The van der Waals surface area contributed by atoms with Crippen molar-refractivity contribution in [3.05, 3.63) is 70.3 Å². The molecule has 184 valence electrons. The second kappa shape index (κ2) is 7.64. The molecule has 1 aliphatic carbocycles. The monoisotopic (exact) mass is 488 g/mol. The first kappa shape index (κ1) is 22.3. The lowest BCUT2D eigenvalue weighted by Crippen LogP contribution is -2.45. The van der Waals surface area contributed by atoms with E-state index in [0.717, 1.165) is 30.6 Å². The molecule has 0 unspecified atom stereocenters. The van der Waals surface area contributed by atoms with Gasteiger partial charge in [-0.3, -0.25) is 15.0 Å². The molecule has 0 radical (unpaired) electrons. The second-order valence-corrected chi connectivity index (χ2v) is 9.82. The predicted molar refractivity (Wildman–Crippen MR) is 131 cm³/mol. The van der Waals surface area contributed by atoms with Crippen LogP contribution in [0.4, 0.5) is 10.1 Å². The number of carbonyl (C=O) groups excluding carboxylic acids is 2. The molecule has 10 heteroatoms. The molecule has 3 heterocycles. The van der Waals surface area contributed by atoms with E-state index in [1.807, 2.05) is 12.1 Å². The summed E-state index contributed by atoms with van der Waals surface area (Å²) in [5.41, 5.74) is 8.39. The van der Waals surface area contributed by atoms with E-state index in [4.69, 9.17) is 15.9 Å². The van der Waals surface area contributed by atoms with Crippen LogP contribution in [0.1, 0.15) is 50.5 Å². The highest BCUT2D eigenvalue weighted by molar-refractivity contribution is 6.11. The molecule has 0 bridgehead atoms. The quantitative estimate of drug-likeness (QED) is 0.433. The summed E-state index contributed by atoms with van der Waals surface area (Å²) < 4.78 is 22.1. The standard InChI is InChI=1S/C26H25FN6O3/c1-31(2)23(28)17-5-3-15(12-18(17)27)32-13-26(8-9-26)20-21(24(29)34)30-33(22(20)25(32)35)16-4-6-19-14(11-16)7-10-36-19/h3-6,11-12,28H,7-10,13H2,1-2H3,(H2,29,34). The van der Waals surface area contributed by atoms with Crippen molar-refractivity contribution >= 4 is 23.3 Å². The summed E-state index contributed by atoms with van der Waals surface area (Å²) in [6.07, 6.45) is 2.27. The molecule has 1 aromatic heterocycles. The number of halogens is 1. The minimum atomic E-state index is -0.681. The Balaban J connectivity index is 1.49. The molecule has 1 fully saturated rings. The average Bonchev–Trinajstić information content (AvgIpc) is 3.26. The number of amides is 2. The van der Waals surface area contributed by atoms with E-state index in [0.29, 0.717) is 30.1 Å². The Morgan fingerprint density at radius 3 is 2.61 bits per heavy atom. The number of carbonyl (C=O) groups is 2. The number of aromatic nitrogens is 2. The molecule has 2 aromatic carbocycles. The number of amidine groups is 1. The molecule has 2 aliphatic heterocycles. The maximum Gasteiger partial charge on any atom is 0.277 e. The molecule has 3 aliphatic rings. The van der Waals surface area contributed by atoms with Gasteiger partial charge in [0, 0.05) is 43.7 Å². The van der Waals surface area contributed by atoms with Crippen molar-refractivity contribution in [2.45, 2.75) is 24.7 Å². The van der Waals surface area contributed by atoms with Gasteiger partial charge in [-0.25, -0.2) is 9.07 Å². The molecule has 3 N–H and O–H groups in total. The summed E-state index contributed by atoms with van der Waals surface area (Å²) in [5, 5.41) is 12.6. The zero-order chi connectivity index (χ0) is 25.4. The van der Waals surface area contributed by atoms with Gasteiger partial charge in [0.1, 0.15) is 23.1 Å². The fraction of sp³-hybridized carbons (Fsp3) is 0.308. The van der Waals surface area contributed by atoms with Crippen LogP contribution >= 0.6 is 0 Å². The summed E-state index contributed by atoms with van der Waals surface area (Å²) in [6, 6.07) is 10.00. The maximum atomic E-state index is 15.0. The fourth-order valence-corrected chi connectivity index (χ4v) is 5.24. The molecular weight excluding hydrogens is 463 g/mol. The first-order chi connectivity index (χ1) is 17.2. The number of nitrogens with two attached hydrogens (primary N) is 1. The number of ether oxygens (including phenoxy) is 1. The highest BCUT2D eigenvalue weighted by Gasteiger charge is 2.56. The van der Waals surface area contributed by atoms with Crippen LogP contribution < -0.4 is 15.4 Å². The Labute approximate surface area is 206 Å². The smallest absolute Gasteiger partial charge is 0.277 e. The highest BCUT2D eigenvalue weighted by Crippen LogP contribution is 2.54. The van der Waals surface area contributed by atoms with Crippen molar-refractivity contribution in [1.29, 1.82) is 5.41 Å². The van der Waals surface area contributed by atoms with E-state index in [2.05, 4.69) is 5.10 Å².